The van der Waals surface area contributed by atoms with E-state index in [4.69, 9.17) is 10.5 Å². The Kier molecular flexibility index (Phi) is 4.52. The fraction of sp³-hybridized carbons (Fsp3) is 0.500. The van der Waals surface area contributed by atoms with Gasteiger partial charge < -0.3 is 36.0 Å². The Morgan fingerprint density at radius 2 is 1.86 bits per heavy atom. The maximum atomic E-state index is 11.5. The van der Waals surface area contributed by atoms with Crippen LogP contribution in [0.1, 0.15) is 5.56 Å². The normalized spacial score (nSPS) is 38.7. The molecule has 8 nitrogen and oxygen atoms in total. The lowest BCUT2D eigenvalue weighted by Gasteiger charge is -2.51. The number of carboxylic acids is 1. The zero-order chi connectivity index (χ0) is 16.5. The van der Waals surface area contributed by atoms with Crippen LogP contribution in [0.3, 0.4) is 0 Å². The number of carbonyl (C=O) groups is 1. The molecule has 0 bridgehead atoms. The molecular weight excluding hydrogens is 294 g/mol. The number of benzene rings is 1. The second kappa shape index (κ2) is 5.92. The van der Waals surface area contributed by atoms with Crippen LogP contribution in [0.25, 0.3) is 0 Å². The minimum atomic E-state index is -2.66. The molecule has 1 aromatic rings. The molecule has 1 saturated heterocycles. The fourth-order valence-electron chi connectivity index (χ4n) is 2.62. The number of aliphatic hydroxyl groups is 4. The van der Waals surface area contributed by atoms with Crippen molar-refractivity contribution in [3.05, 3.63) is 35.9 Å². The monoisotopic (exact) mass is 313 g/mol. The van der Waals surface area contributed by atoms with Gasteiger partial charge in [-0.3, -0.25) is 0 Å². The Bertz CT molecular complexity index is 539. The Morgan fingerprint density at radius 3 is 2.36 bits per heavy atom. The van der Waals surface area contributed by atoms with Crippen molar-refractivity contribution in [3.63, 3.8) is 0 Å². The van der Waals surface area contributed by atoms with Crippen molar-refractivity contribution in [2.24, 2.45) is 5.73 Å². The van der Waals surface area contributed by atoms with Gasteiger partial charge in [0.05, 0.1) is 6.61 Å². The van der Waals surface area contributed by atoms with Crippen molar-refractivity contribution < 1.29 is 35.1 Å². The van der Waals surface area contributed by atoms with E-state index in [0.717, 1.165) is 0 Å². The van der Waals surface area contributed by atoms with Crippen LogP contribution in [-0.4, -0.2) is 67.7 Å². The largest absolute Gasteiger partial charge is 0.480 e. The summed E-state index contributed by atoms with van der Waals surface area (Å²) in [5.74, 6) is -4.24. The topological polar surface area (TPSA) is 153 Å². The minimum absolute atomic E-state index is 0.336. The molecule has 1 unspecified atom stereocenters. The van der Waals surface area contributed by atoms with Crippen molar-refractivity contribution in [1.82, 2.24) is 0 Å². The number of aliphatic hydroxyl groups excluding tert-OH is 3. The third kappa shape index (κ3) is 2.50. The number of hydrogen-bond acceptors (Lipinski definition) is 7. The maximum absolute atomic E-state index is 11.5. The van der Waals surface area contributed by atoms with E-state index in [-0.39, 0.29) is 6.42 Å². The quantitative estimate of drug-likeness (QED) is 0.366. The molecule has 0 saturated carbocycles. The summed E-state index contributed by atoms with van der Waals surface area (Å²) in [6.45, 7) is -0.717. The summed E-state index contributed by atoms with van der Waals surface area (Å²) in [6.07, 6.45) is -5.47. The summed E-state index contributed by atoms with van der Waals surface area (Å²) in [6, 6.07) is 8.33. The van der Waals surface area contributed by atoms with Gasteiger partial charge in [0.25, 0.3) is 0 Å². The van der Waals surface area contributed by atoms with Gasteiger partial charge in [0.15, 0.2) is 5.54 Å². The summed E-state index contributed by atoms with van der Waals surface area (Å²) in [5, 5.41) is 49.2. The third-order valence-electron chi connectivity index (χ3n) is 3.98. The smallest absolute Gasteiger partial charge is 0.332 e. The van der Waals surface area contributed by atoms with Crippen molar-refractivity contribution in [2.75, 3.05) is 6.61 Å². The molecule has 1 aliphatic heterocycles. The fourth-order valence-corrected chi connectivity index (χ4v) is 2.62. The van der Waals surface area contributed by atoms with Gasteiger partial charge in [0.1, 0.15) is 18.3 Å². The molecule has 8 heteroatoms. The molecule has 1 fully saturated rings. The molecule has 0 aliphatic carbocycles. The average Bonchev–Trinajstić information content (AvgIpc) is 2.49. The Hall–Kier alpha value is -1.55. The summed E-state index contributed by atoms with van der Waals surface area (Å²) in [4.78, 5) is 11.5. The molecule has 0 spiro atoms. The van der Waals surface area contributed by atoms with Crippen LogP contribution in [0.15, 0.2) is 30.3 Å². The van der Waals surface area contributed by atoms with Gasteiger partial charge in [0, 0.05) is 6.42 Å². The van der Waals surface area contributed by atoms with Crippen LogP contribution < -0.4 is 5.73 Å². The second-order valence-corrected chi connectivity index (χ2v) is 5.40. The predicted octanol–water partition coefficient (Wildman–Crippen LogP) is -2.19. The highest BCUT2D eigenvalue weighted by Gasteiger charge is 2.66. The van der Waals surface area contributed by atoms with Crippen molar-refractivity contribution in [1.29, 1.82) is 0 Å². The molecule has 2 rings (SSSR count). The predicted molar refractivity (Wildman–Crippen MR) is 73.6 cm³/mol. The van der Waals surface area contributed by atoms with Gasteiger partial charge in [-0.25, -0.2) is 4.79 Å². The Balaban J connectivity index is 2.45. The van der Waals surface area contributed by atoms with E-state index in [1.807, 2.05) is 0 Å². The van der Waals surface area contributed by atoms with Gasteiger partial charge in [-0.05, 0) is 5.56 Å². The highest BCUT2D eigenvalue weighted by atomic mass is 16.7. The van der Waals surface area contributed by atoms with Gasteiger partial charge >= 0.3 is 5.97 Å². The summed E-state index contributed by atoms with van der Waals surface area (Å²) in [5.41, 5.74) is 3.57. The van der Waals surface area contributed by atoms with Crippen LogP contribution in [0.4, 0.5) is 0 Å². The van der Waals surface area contributed by atoms with E-state index >= 15 is 0 Å². The van der Waals surface area contributed by atoms with Gasteiger partial charge in [0.2, 0.25) is 5.79 Å². The molecule has 0 aromatic heterocycles. The zero-order valence-corrected chi connectivity index (χ0v) is 11.7. The molecule has 1 aliphatic rings. The van der Waals surface area contributed by atoms with Gasteiger partial charge in [-0.1, -0.05) is 30.3 Å². The SMILES string of the molecule is N[C@]1(C(=O)O)[C@@H](O)[C@H](O)[C@@H](CO)OC1(O)Cc1ccccc1. The first-order valence-electron chi connectivity index (χ1n) is 6.69. The van der Waals surface area contributed by atoms with Crippen LogP contribution in [-0.2, 0) is 16.0 Å². The summed E-state index contributed by atoms with van der Waals surface area (Å²) >= 11 is 0. The van der Waals surface area contributed by atoms with Gasteiger partial charge in [-0.2, -0.15) is 0 Å². The minimum Gasteiger partial charge on any atom is -0.480 e. The summed E-state index contributed by atoms with van der Waals surface area (Å²) < 4.78 is 5.18. The first kappa shape index (κ1) is 16.8. The first-order chi connectivity index (χ1) is 10.3. The highest BCUT2D eigenvalue weighted by molar-refractivity contribution is 5.81. The van der Waals surface area contributed by atoms with Crippen molar-refractivity contribution in [3.8, 4) is 0 Å². The van der Waals surface area contributed by atoms with Crippen LogP contribution in [0.2, 0.25) is 0 Å². The number of hydrogen-bond donors (Lipinski definition) is 6. The highest BCUT2D eigenvalue weighted by Crippen LogP contribution is 2.37. The van der Waals surface area contributed by atoms with E-state index in [9.17, 15) is 30.3 Å². The van der Waals surface area contributed by atoms with Crippen LogP contribution in [0.5, 0.6) is 0 Å². The van der Waals surface area contributed by atoms with Crippen LogP contribution >= 0.6 is 0 Å². The zero-order valence-electron chi connectivity index (χ0n) is 11.7. The first-order valence-corrected chi connectivity index (χ1v) is 6.69. The Morgan fingerprint density at radius 1 is 1.27 bits per heavy atom. The lowest BCUT2D eigenvalue weighted by Crippen LogP contribution is -2.80. The maximum Gasteiger partial charge on any atom is 0.332 e. The third-order valence-corrected chi connectivity index (χ3v) is 3.98. The molecule has 1 heterocycles. The average molecular weight is 313 g/mol. The van der Waals surface area contributed by atoms with Crippen molar-refractivity contribution in [2.45, 2.75) is 36.1 Å². The lowest BCUT2D eigenvalue weighted by atomic mass is 9.75. The van der Waals surface area contributed by atoms with E-state index in [1.165, 1.54) is 0 Å². The second-order valence-electron chi connectivity index (χ2n) is 5.40. The standard InChI is InChI=1S/C14H19NO7/c15-14(12(19)20)11(18)10(17)9(7-16)22-13(14,21)6-8-4-2-1-3-5-8/h1-5,9-11,16-18,21H,6-7,15H2,(H,19,20)/t9-,10-,11+,13?,14+/m1/s1. The van der Waals surface area contributed by atoms with E-state index < -0.39 is 42.2 Å². The molecule has 0 radical (unpaired) electrons. The summed E-state index contributed by atoms with van der Waals surface area (Å²) in [7, 11) is 0. The number of carboxylic acid groups (broad SMARTS) is 1. The lowest BCUT2D eigenvalue weighted by molar-refractivity contribution is -0.336. The van der Waals surface area contributed by atoms with E-state index in [1.54, 1.807) is 30.3 Å². The number of ether oxygens (including phenoxy) is 1. The van der Waals surface area contributed by atoms with Crippen LogP contribution in [0, 0.1) is 0 Å². The molecule has 5 atom stereocenters. The molecular formula is C14H19NO7. The molecule has 7 N–H and O–H groups in total. The molecule has 22 heavy (non-hydrogen) atoms. The van der Waals surface area contributed by atoms with E-state index in [2.05, 4.69) is 0 Å². The molecule has 0 amide bonds. The van der Waals surface area contributed by atoms with Crippen molar-refractivity contribution >= 4 is 5.97 Å². The number of rotatable bonds is 4. The van der Waals surface area contributed by atoms with Gasteiger partial charge in [-0.15, -0.1) is 0 Å². The number of aliphatic carboxylic acids is 1. The molecule has 1 aromatic carbocycles. The number of nitrogens with two attached hydrogens (primary N) is 1. The Labute approximate surface area is 126 Å². The van der Waals surface area contributed by atoms with E-state index in [0.29, 0.717) is 5.56 Å². The molecule has 122 valence electrons.